The van der Waals surface area contributed by atoms with Crippen LogP contribution in [0.3, 0.4) is 0 Å². The van der Waals surface area contributed by atoms with E-state index in [4.69, 9.17) is 4.98 Å². The molecule has 1 unspecified atom stereocenters. The smallest absolute Gasteiger partial charge is 0.129 e. The molecule has 0 radical (unpaired) electrons. The first-order valence-electron chi connectivity index (χ1n) is 6.82. The lowest BCUT2D eigenvalue weighted by Gasteiger charge is -2.34. The third kappa shape index (κ3) is 3.62. The Balaban J connectivity index is 2.01. The van der Waals surface area contributed by atoms with Gasteiger partial charge in [-0.3, -0.25) is 0 Å². The van der Waals surface area contributed by atoms with E-state index in [9.17, 15) is 0 Å². The number of hydrogen-bond acceptors (Lipinski definition) is 4. The highest BCUT2D eigenvalue weighted by Gasteiger charge is 2.19. The van der Waals surface area contributed by atoms with Crippen molar-refractivity contribution in [3.63, 3.8) is 0 Å². The Hall–Kier alpha value is -0.740. The van der Waals surface area contributed by atoms with Crippen LogP contribution in [0.5, 0.6) is 0 Å². The molecular weight excluding hydrogens is 242 g/mol. The molecule has 0 aromatic carbocycles. The standard InChI is InChI=1S/C14H23N3S/c1-3-7-15-10-13-5-4-6-14(16-13)17-8-9-18-11-12(17)2/h4-6,12,15H,3,7-11H2,1-2H3. The molecule has 2 heterocycles. The molecule has 0 spiro atoms. The molecule has 0 amide bonds. The molecule has 0 bridgehead atoms. The predicted molar refractivity (Wildman–Crippen MR) is 80.4 cm³/mol. The lowest BCUT2D eigenvalue weighted by Crippen LogP contribution is -2.41. The van der Waals surface area contributed by atoms with Gasteiger partial charge in [0.25, 0.3) is 0 Å². The second-order valence-electron chi connectivity index (χ2n) is 4.78. The summed E-state index contributed by atoms with van der Waals surface area (Å²) in [7, 11) is 0. The van der Waals surface area contributed by atoms with Crippen LogP contribution >= 0.6 is 11.8 Å². The van der Waals surface area contributed by atoms with Gasteiger partial charge in [-0.25, -0.2) is 4.98 Å². The molecule has 1 aromatic heterocycles. The van der Waals surface area contributed by atoms with E-state index in [0.29, 0.717) is 6.04 Å². The van der Waals surface area contributed by atoms with Crippen LogP contribution in [0, 0.1) is 0 Å². The molecule has 100 valence electrons. The van der Waals surface area contributed by atoms with Crippen molar-refractivity contribution in [3.05, 3.63) is 23.9 Å². The number of aromatic nitrogens is 1. The fourth-order valence-corrected chi connectivity index (χ4v) is 3.20. The highest BCUT2D eigenvalue weighted by molar-refractivity contribution is 7.99. The van der Waals surface area contributed by atoms with Crippen molar-refractivity contribution >= 4 is 17.6 Å². The maximum absolute atomic E-state index is 4.77. The molecule has 18 heavy (non-hydrogen) atoms. The van der Waals surface area contributed by atoms with E-state index in [1.807, 2.05) is 11.8 Å². The first-order chi connectivity index (χ1) is 8.81. The lowest BCUT2D eigenvalue weighted by molar-refractivity contribution is 0.655. The van der Waals surface area contributed by atoms with Crippen LogP contribution in [0.25, 0.3) is 0 Å². The number of rotatable bonds is 5. The fraction of sp³-hybridized carbons (Fsp3) is 0.643. The average molecular weight is 265 g/mol. The highest BCUT2D eigenvalue weighted by atomic mass is 32.2. The van der Waals surface area contributed by atoms with Crippen molar-refractivity contribution < 1.29 is 0 Å². The monoisotopic (exact) mass is 265 g/mol. The van der Waals surface area contributed by atoms with Crippen molar-refractivity contribution in [1.29, 1.82) is 0 Å². The normalized spacial score (nSPS) is 20.1. The van der Waals surface area contributed by atoms with E-state index in [0.717, 1.165) is 31.1 Å². The average Bonchev–Trinajstić information content (AvgIpc) is 2.40. The Bertz CT molecular complexity index is 370. The van der Waals surface area contributed by atoms with Crippen LogP contribution in [-0.4, -0.2) is 35.6 Å². The first kappa shape index (κ1) is 13.7. The van der Waals surface area contributed by atoms with Gasteiger partial charge in [0.05, 0.1) is 5.69 Å². The third-order valence-electron chi connectivity index (χ3n) is 3.19. The molecule has 1 aromatic rings. The summed E-state index contributed by atoms with van der Waals surface area (Å²) in [6.07, 6.45) is 1.17. The van der Waals surface area contributed by atoms with Crippen LogP contribution < -0.4 is 10.2 Å². The molecule has 1 fully saturated rings. The van der Waals surface area contributed by atoms with Gasteiger partial charge < -0.3 is 10.2 Å². The van der Waals surface area contributed by atoms with Crippen molar-refractivity contribution in [3.8, 4) is 0 Å². The van der Waals surface area contributed by atoms with Crippen LogP contribution in [0.4, 0.5) is 5.82 Å². The maximum atomic E-state index is 4.77. The van der Waals surface area contributed by atoms with Crippen LogP contribution in [0.2, 0.25) is 0 Å². The molecule has 1 aliphatic heterocycles. The minimum absolute atomic E-state index is 0.593. The number of nitrogens with one attached hydrogen (secondary N) is 1. The molecule has 0 aliphatic carbocycles. The zero-order valence-electron chi connectivity index (χ0n) is 11.4. The van der Waals surface area contributed by atoms with Gasteiger partial charge in [-0.15, -0.1) is 0 Å². The summed E-state index contributed by atoms with van der Waals surface area (Å²) in [6.45, 7) is 7.52. The van der Waals surface area contributed by atoms with Crippen LogP contribution in [-0.2, 0) is 6.54 Å². The minimum Gasteiger partial charge on any atom is -0.352 e. The van der Waals surface area contributed by atoms with Crippen molar-refractivity contribution in [2.45, 2.75) is 32.9 Å². The van der Waals surface area contributed by atoms with Gasteiger partial charge in [0.2, 0.25) is 0 Å². The third-order valence-corrected chi connectivity index (χ3v) is 4.38. The minimum atomic E-state index is 0.593. The Labute approximate surface area is 114 Å². The topological polar surface area (TPSA) is 28.2 Å². The van der Waals surface area contributed by atoms with Gasteiger partial charge >= 0.3 is 0 Å². The molecule has 1 N–H and O–H groups in total. The Morgan fingerprint density at radius 3 is 3.17 bits per heavy atom. The van der Waals surface area contributed by atoms with Gasteiger partial charge in [-0.1, -0.05) is 13.0 Å². The molecule has 2 rings (SSSR count). The van der Waals surface area contributed by atoms with E-state index < -0.39 is 0 Å². The van der Waals surface area contributed by atoms with E-state index in [-0.39, 0.29) is 0 Å². The molecule has 3 nitrogen and oxygen atoms in total. The van der Waals surface area contributed by atoms with Gasteiger partial charge in [-0.2, -0.15) is 11.8 Å². The van der Waals surface area contributed by atoms with Gasteiger partial charge in [-0.05, 0) is 32.0 Å². The zero-order chi connectivity index (χ0) is 12.8. The second-order valence-corrected chi connectivity index (χ2v) is 5.93. The summed E-state index contributed by atoms with van der Waals surface area (Å²) in [6, 6.07) is 6.96. The van der Waals surface area contributed by atoms with Crippen LogP contribution in [0.15, 0.2) is 18.2 Å². The van der Waals surface area contributed by atoms with Crippen LogP contribution in [0.1, 0.15) is 26.0 Å². The van der Waals surface area contributed by atoms with Crippen molar-refractivity contribution in [2.24, 2.45) is 0 Å². The summed E-state index contributed by atoms with van der Waals surface area (Å²) in [5, 5.41) is 3.41. The summed E-state index contributed by atoms with van der Waals surface area (Å²) >= 11 is 2.04. The summed E-state index contributed by atoms with van der Waals surface area (Å²) in [4.78, 5) is 7.20. The molecule has 0 saturated carbocycles. The lowest BCUT2D eigenvalue weighted by atomic mass is 10.2. The first-order valence-corrected chi connectivity index (χ1v) is 7.97. The number of hydrogen-bond donors (Lipinski definition) is 1. The fourth-order valence-electron chi connectivity index (χ4n) is 2.19. The van der Waals surface area contributed by atoms with Gasteiger partial charge in [0, 0.05) is 30.6 Å². The maximum Gasteiger partial charge on any atom is 0.129 e. The largest absolute Gasteiger partial charge is 0.352 e. The van der Waals surface area contributed by atoms with E-state index in [1.165, 1.54) is 17.9 Å². The Morgan fingerprint density at radius 2 is 2.39 bits per heavy atom. The molecule has 1 saturated heterocycles. The highest BCUT2D eigenvalue weighted by Crippen LogP contribution is 2.22. The Morgan fingerprint density at radius 1 is 1.50 bits per heavy atom. The number of nitrogens with zero attached hydrogens (tertiary/aromatic N) is 2. The van der Waals surface area contributed by atoms with E-state index >= 15 is 0 Å². The summed E-state index contributed by atoms with van der Waals surface area (Å²) < 4.78 is 0. The molecular formula is C14H23N3S. The molecule has 1 aliphatic rings. The molecule has 1 atom stereocenters. The summed E-state index contributed by atoms with van der Waals surface area (Å²) in [5.74, 6) is 3.56. The van der Waals surface area contributed by atoms with Gasteiger partial charge in [0.15, 0.2) is 0 Å². The summed E-state index contributed by atoms with van der Waals surface area (Å²) in [5.41, 5.74) is 1.14. The number of pyridine rings is 1. The molecule has 4 heteroatoms. The number of thioether (sulfide) groups is 1. The zero-order valence-corrected chi connectivity index (χ0v) is 12.2. The van der Waals surface area contributed by atoms with Gasteiger partial charge in [0.1, 0.15) is 5.82 Å². The second kappa shape index (κ2) is 7.00. The van der Waals surface area contributed by atoms with Crippen molar-refractivity contribution in [1.82, 2.24) is 10.3 Å². The van der Waals surface area contributed by atoms with Crippen molar-refractivity contribution in [2.75, 3.05) is 29.5 Å². The quantitative estimate of drug-likeness (QED) is 0.828. The number of anilines is 1. The Kier molecular flexibility index (Phi) is 5.32. The van der Waals surface area contributed by atoms with E-state index in [2.05, 4.69) is 42.3 Å². The van der Waals surface area contributed by atoms with E-state index in [1.54, 1.807) is 0 Å². The SMILES string of the molecule is CCCNCc1cccc(N2CCSCC2C)n1. The predicted octanol–water partition coefficient (Wildman–Crippen LogP) is 2.52.